The van der Waals surface area contributed by atoms with Crippen LogP contribution in [0.5, 0.6) is 0 Å². The van der Waals surface area contributed by atoms with E-state index < -0.39 is 17.9 Å². The van der Waals surface area contributed by atoms with E-state index in [2.05, 4.69) is 6.92 Å². The molecule has 1 atom stereocenters. The number of unbranched alkanes of at least 4 members (excludes halogenated alkanes) is 7. The molecule has 0 radical (unpaired) electrons. The Bertz CT molecular complexity index is 251. The molecule has 0 aromatic heterocycles. The van der Waals surface area contributed by atoms with Gasteiger partial charge in [-0.25, -0.2) is 0 Å². The molecule has 0 aliphatic carbocycles. The molecular weight excluding hydrogens is 244 g/mol. The molecule has 0 bridgehead atoms. The first-order valence-corrected chi connectivity index (χ1v) is 7.50. The van der Waals surface area contributed by atoms with Crippen molar-refractivity contribution in [3.63, 3.8) is 0 Å². The van der Waals surface area contributed by atoms with Crippen molar-refractivity contribution in [1.82, 2.24) is 0 Å². The van der Waals surface area contributed by atoms with Crippen LogP contribution < -0.4 is 5.11 Å². The number of carboxylic acid groups (broad SMARTS) is 1. The second-order valence-electron chi connectivity index (χ2n) is 4.89. The molecule has 1 unspecified atom stereocenters. The van der Waals surface area contributed by atoms with Gasteiger partial charge in [-0.15, -0.1) is 0 Å². The molecule has 0 fully saturated rings. The van der Waals surface area contributed by atoms with Gasteiger partial charge in [0.1, 0.15) is 0 Å². The third-order valence-electron chi connectivity index (χ3n) is 3.20. The fourth-order valence-electron chi connectivity index (χ4n) is 2.06. The fourth-order valence-corrected chi connectivity index (χ4v) is 2.06. The van der Waals surface area contributed by atoms with Crippen molar-refractivity contribution in [2.24, 2.45) is 5.92 Å². The van der Waals surface area contributed by atoms with E-state index in [4.69, 9.17) is 4.74 Å². The van der Waals surface area contributed by atoms with Crippen molar-refractivity contribution in [2.75, 3.05) is 6.61 Å². The van der Waals surface area contributed by atoms with E-state index in [1.807, 2.05) is 0 Å². The van der Waals surface area contributed by atoms with Crippen LogP contribution in [0.1, 0.15) is 71.6 Å². The summed E-state index contributed by atoms with van der Waals surface area (Å²) in [5.74, 6) is -3.08. The van der Waals surface area contributed by atoms with Crippen molar-refractivity contribution in [2.45, 2.75) is 71.6 Å². The summed E-state index contributed by atoms with van der Waals surface area (Å²) >= 11 is 0. The summed E-state index contributed by atoms with van der Waals surface area (Å²) in [4.78, 5) is 22.2. The molecule has 0 aromatic rings. The fraction of sp³-hybridized carbons (Fsp3) is 0.867. The summed E-state index contributed by atoms with van der Waals surface area (Å²) in [6.07, 6.45) is 9.39. The average Bonchev–Trinajstić information content (AvgIpc) is 2.36. The maximum atomic E-state index is 11.4. The molecule has 0 amide bonds. The van der Waals surface area contributed by atoms with Gasteiger partial charge in [-0.2, -0.15) is 0 Å². The van der Waals surface area contributed by atoms with E-state index in [0.29, 0.717) is 6.42 Å². The topological polar surface area (TPSA) is 66.4 Å². The van der Waals surface area contributed by atoms with E-state index in [1.165, 1.54) is 32.1 Å². The number of carbonyl (C=O) groups excluding carboxylic acids is 2. The summed E-state index contributed by atoms with van der Waals surface area (Å²) < 4.78 is 4.73. The van der Waals surface area contributed by atoms with Gasteiger partial charge in [0.05, 0.1) is 18.5 Å². The number of esters is 1. The smallest absolute Gasteiger partial charge is 0.314 e. The normalized spacial score (nSPS) is 12.1. The van der Waals surface area contributed by atoms with E-state index in [1.54, 1.807) is 6.92 Å². The van der Waals surface area contributed by atoms with Crippen LogP contribution in [0.15, 0.2) is 0 Å². The van der Waals surface area contributed by atoms with Gasteiger partial charge in [0.2, 0.25) is 0 Å². The Balaban J connectivity index is 3.65. The Labute approximate surface area is 116 Å². The average molecular weight is 271 g/mol. The molecule has 0 saturated heterocycles. The Kier molecular flexibility index (Phi) is 11.3. The lowest BCUT2D eigenvalue weighted by atomic mass is 10.00. The van der Waals surface area contributed by atoms with E-state index in [-0.39, 0.29) is 6.61 Å². The maximum absolute atomic E-state index is 11.4. The zero-order chi connectivity index (χ0) is 14.5. The zero-order valence-corrected chi connectivity index (χ0v) is 12.3. The van der Waals surface area contributed by atoms with Crippen molar-refractivity contribution in [3.05, 3.63) is 0 Å². The Morgan fingerprint density at radius 1 is 0.947 bits per heavy atom. The summed E-state index contributed by atoms with van der Waals surface area (Å²) in [6.45, 7) is 4.07. The minimum atomic E-state index is -1.32. The maximum Gasteiger partial charge on any atom is 0.314 e. The number of hydrogen-bond donors (Lipinski definition) is 0. The van der Waals surface area contributed by atoms with Crippen molar-refractivity contribution >= 4 is 11.9 Å². The molecule has 0 aromatic carbocycles. The first-order chi connectivity index (χ1) is 9.13. The quantitative estimate of drug-likeness (QED) is 0.311. The number of hydrogen-bond acceptors (Lipinski definition) is 4. The summed E-state index contributed by atoms with van der Waals surface area (Å²) in [6, 6.07) is 0. The molecule has 112 valence electrons. The minimum Gasteiger partial charge on any atom is -0.549 e. The number of rotatable bonds is 12. The third-order valence-corrected chi connectivity index (χ3v) is 3.20. The van der Waals surface area contributed by atoms with Crippen LogP contribution >= 0.6 is 0 Å². The molecular formula is C15H27O4-. The van der Waals surface area contributed by atoms with Gasteiger partial charge in [-0.05, 0) is 13.3 Å². The summed E-state index contributed by atoms with van der Waals surface area (Å²) in [7, 11) is 0. The van der Waals surface area contributed by atoms with Crippen molar-refractivity contribution < 1.29 is 19.4 Å². The highest BCUT2D eigenvalue weighted by atomic mass is 16.5. The lowest BCUT2D eigenvalue weighted by Gasteiger charge is -2.16. The van der Waals surface area contributed by atoms with Crippen LogP contribution in [-0.4, -0.2) is 18.5 Å². The Morgan fingerprint density at radius 2 is 1.47 bits per heavy atom. The molecule has 19 heavy (non-hydrogen) atoms. The van der Waals surface area contributed by atoms with Gasteiger partial charge in [0.25, 0.3) is 0 Å². The largest absolute Gasteiger partial charge is 0.549 e. The standard InChI is InChI=1S/C15H28O4/c1-3-5-6-7-8-9-10-11-12-13(14(16)17)15(18)19-4-2/h13H,3-12H2,1-2H3,(H,16,17)/p-1. The number of carboxylic acids is 1. The number of carbonyl (C=O) groups is 2. The van der Waals surface area contributed by atoms with Crippen molar-refractivity contribution in [3.8, 4) is 0 Å². The van der Waals surface area contributed by atoms with Gasteiger partial charge < -0.3 is 14.6 Å². The number of ether oxygens (including phenoxy) is 1. The zero-order valence-electron chi connectivity index (χ0n) is 12.3. The van der Waals surface area contributed by atoms with Crippen LogP contribution in [0.2, 0.25) is 0 Å². The minimum absolute atomic E-state index is 0.208. The highest BCUT2D eigenvalue weighted by Crippen LogP contribution is 2.14. The van der Waals surface area contributed by atoms with Gasteiger partial charge in [0, 0.05) is 0 Å². The molecule has 0 aliphatic rings. The van der Waals surface area contributed by atoms with Crippen LogP contribution in [0.3, 0.4) is 0 Å². The lowest BCUT2D eigenvalue weighted by Crippen LogP contribution is -2.37. The molecule has 4 nitrogen and oxygen atoms in total. The van der Waals surface area contributed by atoms with Crippen LogP contribution in [-0.2, 0) is 14.3 Å². The Hall–Kier alpha value is -1.06. The summed E-state index contributed by atoms with van der Waals surface area (Å²) in [5.41, 5.74) is 0. The molecule has 0 rings (SSSR count). The molecule has 4 heteroatoms. The van der Waals surface area contributed by atoms with Gasteiger partial charge in [0.15, 0.2) is 0 Å². The third kappa shape index (κ3) is 9.51. The van der Waals surface area contributed by atoms with Crippen LogP contribution in [0.25, 0.3) is 0 Å². The molecule has 0 N–H and O–H groups in total. The van der Waals surface area contributed by atoms with Gasteiger partial charge in [-0.3, -0.25) is 4.79 Å². The Morgan fingerprint density at radius 3 is 1.95 bits per heavy atom. The van der Waals surface area contributed by atoms with E-state index in [0.717, 1.165) is 19.3 Å². The van der Waals surface area contributed by atoms with Gasteiger partial charge in [-0.1, -0.05) is 58.3 Å². The first kappa shape index (κ1) is 17.9. The van der Waals surface area contributed by atoms with Crippen LogP contribution in [0, 0.1) is 5.92 Å². The van der Waals surface area contributed by atoms with E-state index in [9.17, 15) is 14.7 Å². The predicted molar refractivity (Wildman–Crippen MR) is 72.4 cm³/mol. The molecule has 0 spiro atoms. The monoisotopic (exact) mass is 271 g/mol. The second kappa shape index (κ2) is 12.0. The van der Waals surface area contributed by atoms with Gasteiger partial charge >= 0.3 is 5.97 Å². The second-order valence-corrected chi connectivity index (χ2v) is 4.89. The molecule has 0 aliphatic heterocycles. The SMILES string of the molecule is CCCCCCCCCCC(C(=O)[O-])C(=O)OCC. The highest BCUT2D eigenvalue weighted by Gasteiger charge is 2.20. The first-order valence-electron chi connectivity index (χ1n) is 7.50. The van der Waals surface area contributed by atoms with E-state index >= 15 is 0 Å². The van der Waals surface area contributed by atoms with Crippen LogP contribution in [0.4, 0.5) is 0 Å². The lowest BCUT2D eigenvalue weighted by molar-refractivity contribution is -0.311. The highest BCUT2D eigenvalue weighted by molar-refractivity contribution is 5.92. The van der Waals surface area contributed by atoms with Crippen molar-refractivity contribution in [1.29, 1.82) is 0 Å². The number of aliphatic carboxylic acids is 1. The molecule has 0 heterocycles. The predicted octanol–water partition coefficient (Wildman–Crippen LogP) is 2.45. The summed E-state index contributed by atoms with van der Waals surface area (Å²) in [5, 5.41) is 10.8. The molecule has 0 saturated carbocycles.